The Labute approximate surface area is 79.2 Å². The molecule has 0 saturated heterocycles. The molecule has 0 unspecified atom stereocenters. The summed E-state index contributed by atoms with van der Waals surface area (Å²) in [6.07, 6.45) is 0.823. The molecule has 0 heterocycles. The molecule has 0 bridgehead atoms. The highest BCUT2D eigenvalue weighted by Crippen LogP contribution is 2.04. The summed E-state index contributed by atoms with van der Waals surface area (Å²) in [6.45, 7) is 2.69. The molecule has 0 aliphatic rings. The highest BCUT2D eigenvalue weighted by molar-refractivity contribution is 5.13. The van der Waals surface area contributed by atoms with Gasteiger partial charge in [-0.05, 0) is 12.0 Å². The summed E-state index contributed by atoms with van der Waals surface area (Å²) in [5.74, 6) is 0. The van der Waals surface area contributed by atoms with E-state index in [1.165, 1.54) is 0 Å². The van der Waals surface area contributed by atoms with Gasteiger partial charge >= 0.3 is 0 Å². The van der Waals surface area contributed by atoms with Crippen molar-refractivity contribution in [2.45, 2.75) is 26.1 Å². The molecule has 0 fully saturated rings. The fourth-order valence-electron chi connectivity index (χ4n) is 1.09. The molecule has 2 nitrogen and oxygen atoms in total. The molecular formula is C11H16O2. The third-order valence-corrected chi connectivity index (χ3v) is 1.99. The Bertz CT molecular complexity index is 217. The molecule has 0 spiro atoms. The predicted molar refractivity (Wildman–Crippen MR) is 52.4 cm³/mol. The Balaban J connectivity index is 2.34. The lowest BCUT2D eigenvalue weighted by Crippen LogP contribution is -2.15. The Morgan fingerprint density at radius 1 is 1.31 bits per heavy atom. The van der Waals surface area contributed by atoms with E-state index in [0.29, 0.717) is 6.61 Å². The highest BCUT2D eigenvalue weighted by atomic mass is 16.5. The van der Waals surface area contributed by atoms with E-state index in [-0.39, 0.29) is 12.7 Å². The molecule has 0 radical (unpaired) electrons. The van der Waals surface area contributed by atoms with Crippen molar-refractivity contribution >= 4 is 0 Å². The Morgan fingerprint density at radius 3 is 2.54 bits per heavy atom. The first-order valence-electron chi connectivity index (χ1n) is 4.63. The molecule has 1 rings (SSSR count). The van der Waals surface area contributed by atoms with Crippen LogP contribution >= 0.6 is 0 Å². The van der Waals surface area contributed by atoms with Gasteiger partial charge in [0.1, 0.15) is 0 Å². The lowest BCUT2D eigenvalue weighted by atomic mass is 10.2. The van der Waals surface area contributed by atoms with Gasteiger partial charge in [0, 0.05) is 0 Å². The van der Waals surface area contributed by atoms with Gasteiger partial charge in [-0.1, -0.05) is 37.3 Å². The molecule has 72 valence electrons. The molecule has 1 aromatic rings. The van der Waals surface area contributed by atoms with Crippen LogP contribution < -0.4 is 0 Å². The van der Waals surface area contributed by atoms with Gasteiger partial charge in [-0.2, -0.15) is 0 Å². The molecule has 2 heteroatoms. The Kier molecular flexibility index (Phi) is 4.50. The van der Waals surface area contributed by atoms with Gasteiger partial charge in [-0.15, -0.1) is 0 Å². The van der Waals surface area contributed by atoms with Crippen LogP contribution in [0.3, 0.4) is 0 Å². The van der Waals surface area contributed by atoms with E-state index in [1.54, 1.807) is 0 Å². The van der Waals surface area contributed by atoms with Crippen LogP contribution in [0.4, 0.5) is 0 Å². The minimum absolute atomic E-state index is 0.0276. The zero-order valence-electron chi connectivity index (χ0n) is 7.94. The first-order valence-corrected chi connectivity index (χ1v) is 4.63. The highest BCUT2D eigenvalue weighted by Gasteiger charge is 2.03. The second kappa shape index (κ2) is 5.73. The molecule has 1 atom stereocenters. The zero-order chi connectivity index (χ0) is 9.52. The smallest absolute Gasteiger partial charge is 0.0807 e. The predicted octanol–water partition coefficient (Wildman–Crippen LogP) is 1.97. The number of aliphatic hydroxyl groups is 1. The van der Waals surface area contributed by atoms with Gasteiger partial charge in [-0.3, -0.25) is 0 Å². The average molecular weight is 180 g/mol. The first-order chi connectivity index (χ1) is 6.36. The number of benzene rings is 1. The molecule has 0 aliphatic carbocycles. The van der Waals surface area contributed by atoms with E-state index in [2.05, 4.69) is 0 Å². The minimum Gasteiger partial charge on any atom is -0.394 e. The van der Waals surface area contributed by atoms with Crippen LogP contribution in [-0.4, -0.2) is 17.8 Å². The number of hydrogen-bond donors (Lipinski definition) is 1. The second-order valence-electron chi connectivity index (χ2n) is 3.01. The lowest BCUT2D eigenvalue weighted by molar-refractivity contribution is 0.000765. The topological polar surface area (TPSA) is 29.5 Å². The third kappa shape index (κ3) is 3.57. The summed E-state index contributed by atoms with van der Waals surface area (Å²) < 4.78 is 5.48. The van der Waals surface area contributed by atoms with Crippen LogP contribution in [0.1, 0.15) is 18.9 Å². The second-order valence-corrected chi connectivity index (χ2v) is 3.01. The molecule has 0 amide bonds. The third-order valence-electron chi connectivity index (χ3n) is 1.99. The molecule has 1 N–H and O–H groups in total. The summed E-state index contributed by atoms with van der Waals surface area (Å²) in [7, 11) is 0. The summed E-state index contributed by atoms with van der Waals surface area (Å²) in [4.78, 5) is 0. The number of rotatable bonds is 5. The first kappa shape index (κ1) is 10.2. The van der Waals surface area contributed by atoms with Gasteiger partial charge < -0.3 is 9.84 Å². The summed E-state index contributed by atoms with van der Waals surface area (Å²) in [6, 6.07) is 9.98. The maximum absolute atomic E-state index is 8.88. The summed E-state index contributed by atoms with van der Waals surface area (Å²) >= 11 is 0. The normalized spacial score (nSPS) is 12.8. The van der Waals surface area contributed by atoms with Gasteiger partial charge in [0.05, 0.1) is 19.3 Å². The van der Waals surface area contributed by atoms with Crippen molar-refractivity contribution in [3.05, 3.63) is 35.9 Å². The molecular weight excluding hydrogens is 164 g/mol. The van der Waals surface area contributed by atoms with Crippen LogP contribution in [0, 0.1) is 0 Å². The quantitative estimate of drug-likeness (QED) is 0.750. The van der Waals surface area contributed by atoms with Crippen LogP contribution in [-0.2, 0) is 11.3 Å². The molecule has 0 aliphatic heterocycles. The zero-order valence-corrected chi connectivity index (χ0v) is 7.94. The number of ether oxygens (including phenoxy) is 1. The molecule has 0 saturated carbocycles. The van der Waals surface area contributed by atoms with Gasteiger partial charge in [0.2, 0.25) is 0 Å². The van der Waals surface area contributed by atoms with Gasteiger partial charge in [0.15, 0.2) is 0 Å². The van der Waals surface area contributed by atoms with E-state index in [9.17, 15) is 0 Å². The van der Waals surface area contributed by atoms with Crippen molar-refractivity contribution in [2.75, 3.05) is 6.61 Å². The van der Waals surface area contributed by atoms with Crippen LogP contribution in [0.5, 0.6) is 0 Å². The number of aliphatic hydroxyl groups excluding tert-OH is 1. The van der Waals surface area contributed by atoms with E-state index in [4.69, 9.17) is 9.84 Å². The molecule has 0 aromatic heterocycles. The van der Waals surface area contributed by atoms with E-state index < -0.39 is 0 Å². The monoisotopic (exact) mass is 180 g/mol. The minimum atomic E-state index is -0.0276. The van der Waals surface area contributed by atoms with Crippen LogP contribution in [0.2, 0.25) is 0 Å². The van der Waals surface area contributed by atoms with Crippen molar-refractivity contribution in [1.29, 1.82) is 0 Å². The fraction of sp³-hybridized carbons (Fsp3) is 0.455. The Hall–Kier alpha value is -0.860. The van der Waals surface area contributed by atoms with Crippen molar-refractivity contribution < 1.29 is 9.84 Å². The largest absolute Gasteiger partial charge is 0.394 e. The molecule has 13 heavy (non-hydrogen) atoms. The van der Waals surface area contributed by atoms with E-state index in [0.717, 1.165) is 12.0 Å². The Morgan fingerprint density at radius 2 is 2.00 bits per heavy atom. The van der Waals surface area contributed by atoms with Crippen molar-refractivity contribution in [3.63, 3.8) is 0 Å². The van der Waals surface area contributed by atoms with Crippen molar-refractivity contribution in [3.8, 4) is 0 Å². The van der Waals surface area contributed by atoms with E-state index in [1.807, 2.05) is 37.3 Å². The maximum atomic E-state index is 8.88. The van der Waals surface area contributed by atoms with E-state index >= 15 is 0 Å². The summed E-state index contributed by atoms with van der Waals surface area (Å²) in [5.41, 5.74) is 1.15. The number of hydrogen-bond acceptors (Lipinski definition) is 2. The standard InChI is InChI=1S/C11H16O2/c1-2-11(8-12)13-9-10-6-4-3-5-7-10/h3-7,11-12H,2,8-9H2,1H3/t11-/m1/s1. The molecule has 1 aromatic carbocycles. The lowest BCUT2D eigenvalue weighted by Gasteiger charge is -2.12. The van der Waals surface area contributed by atoms with Crippen molar-refractivity contribution in [2.24, 2.45) is 0 Å². The van der Waals surface area contributed by atoms with Crippen LogP contribution in [0.25, 0.3) is 0 Å². The van der Waals surface area contributed by atoms with Crippen LogP contribution in [0.15, 0.2) is 30.3 Å². The SMILES string of the molecule is CC[C@H](CO)OCc1ccccc1. The maximum Gasteiger partial charge on any atom is 0.0807 e. The van der Waals surface area contributed by atoms with Gasteiger partial charge in [-0.25, -0.2) is 0 Å². The average Bonchev–Trinajstić information content (AvgIpc) is 2.21. The van der Waals surface area contributed by atoms with Crippen molar-refractivity contribution in [1.82, 2.24) is 0 Å². The van der Waals surface area contributed by atoms with Gasteiger partial charge in [0.25, 0.3) is 0 Å². The summed E-state index contributed by atoms with van der Waals surface area (Å²) in [5, 5.41) is 8.88. The fourth-order valence-corrected chi connectivity index (χ4v) is 1.09.